The summed E-state index contributed by atoms with van der Waals surface area (Å²) in [7, 11) is 0. The lowest BCUT2D eigenvalue weighted by Gasteiger charge is -2.40. The lowest BCUT2D eigenvalue weighted by molar-refractivity contribution is -0.0958. The van der Waals surface area contributed by atoms with Gasteiger partial charge in [0.2, 0.25) is 0 Å². The van der Waals surface area contributed by atoms with Crippen molar-refractivity contribution in [1.29, 1.82) is 0 Å². The topological polar surface area (TPSA) is 35.2 Å². The summed E-state index contributed by atoms with van der Waals surface area (Å²) in [6.07, 6.45) is 4.12. The van der Waals surface area contributed by atoms with Crippen molar-refractivity contribution >= 4 is 0 Å². The smallest absolute Gasteiger partial charge is 0.0945 e. The zero-order valence-corrected chi connectivity index (χ0v) is 9.99. The van der Waals surface area contributed by atoms with Gasteiger partial charge < -0.3 is 10.5 Å². The van der Waals surface area contributed by atoms with Gasteiger partial charge >= 0.3 is 0 Å². The van der Waals surface area contributed by atoms with Crippen molar-refractivity contribution in [2.75, 3.05) is 6.61 Å². The normalized spacial score (nSPS) is 30.2. The van der Waals surface area contributed by atoms with Crippen LogP contribution in [-0.2, 0) is 10.3 Å². The molecule has 2 N–H and O–H groups in total. The number of benzene rings is 1. The van der Waals surface area contributed by atoms with Gasteiger partial charge in [-0.2, -0.15) is 0 Å². The summed E-state index contributed by atoms with van der Waals surface area (Å²) in [5.74, 6) is 0. The van der Waals surface area contributed by atoms with Crippen molar-refractivity contribution in [3.63, 3.8) is 0 Å². The van der Waals surface area contributed by atoms with Gasteiger partial charge in [-0.05, 0) is 24.8 Å². The van der Waals surface area contributed by atoms with Crippen LogP contribution in [0.15, 0.2) is 30.3 Å². The SMILES string of the molecule is CCCC1(c2ccccc2)CC(N)CCO1. The van der Waals surface area contributed by atoms with Gasteiger partial charge in [0.1, 0.15) is 0 Å². The van der Waals surface area contributed by atoms with Crippen LogP contribution >= 0.6 is 0 Å². The molecule has 1 aliphatic heterocycles. The quantitative estimate of drug-likeness (QED) is 0.848. The molecule has 1 heterocycles. The Morgan fingerprint density at radius 2 is 2.12 bits per heavy atom. The van der Waals surface area contributed by atoms with E-state index >= 15 is 0 Å². The molecular weight excluding hydrogens is 198 g/mol. The Kier molecular flexibility index (Phi) is 3.62. The Morgan fingerprint density at radius 3 is 2.75 bits per heavy atom. The first-order valence-corrected chi connectivity index (χ1v) is 6.22. The first kappa shape index (κ1) is 11.6. The van der Waals surface area contributed by atoms with E-state index in [4.69, 9.17) is 10.5 Å². The maximum Gasteiger partial charge on any atom is 0.0945 e. The summed E-state index contributed by atoms with van der Waals surface area (Å²) >= 11 is 0. The molecule has 0 amide bonds. The molecule has 0 saturated carbocycles. The molecule has 1 aliphatic rings. The van der Waals surface area contributed by atoms with E-state index in [0.29, 0.717) is 0 Å². The first-order valence-electron chi connectivity index (χ1n) is 6.22. The molecule has 1 saturated heterocycles. The van der Waals surface area contributed by atoms with Crippen molar-refractivity contribution in [3.8, 4) is 0 Å². The van der Waals surface area contributed by atoms with Crippen molar-refractivity contribution in [2.24, 2.45) is 5.73 Å². The van der Waals surface area contributed by atoms with Crippen LogP contribution in [0, 0.1) is 0 Å². The summed E-state index contributed by atoms with van der Waals surface area (Å²) < 4.78 is 6.08. The predicted molar refractivity (Wildman–Crippen MR) is 66.2 cm³/mol. The van der Waals surface area contributed by atoms with Crippen LogP contribution in [0.5, 0.6) is 0 Å². The third-order valence-corrected chi connectivity index (χ3v) is 3.41. The lowest BCUT2D eigenvalue weighted by atomic mass is 9.81. The van der Waals surface area contributed by atoms with Crippen LogP contribution in [0.25, 0.3) is 0 Å². The summed E-state index contributed by atoms with van der Waals surface area (Å²) in [5.41, 5.74) is 7.25. The molecule has 1 fully saturated rings. The molecule has 0 radical (unpaired) electrons. The second kappa shape index (κ2) is 4.98. The largest absolute Gasteiger partial charge is 0.370 e. The summed E-state index contributed by atoms with van der Waals surface area (Å²) in [6, 6.07) is 10.8. The Morgan fingerprint density at radius 1 is 1.38 bits per heavy atom. The number of rotatable bonds is 3. The molecule has 2 unspecified atom stereocenters. The van der Waals surface area contributed by atoms with Gasteiger partial charge in [-0.3, -0.25) is 0 Å². The highest BCUT2D eigenvalue weighted by Crippen LogP contribution is 2.38. The van der Waals surface area contributed by atoms with Crippen LogP contribution in [0.2, 0.25) is 0 Å². The molecule has 0 aromatic heterocycles. The molecule has 2 nitrogen and oxygen atoms in total. The highest BCUT2D eigenvalue weighted by molar-refractivity contribution is 5.23. The minimum Gasteiger partial charge on any atom is -0.370 e. The third kappa shape index (κ3) is 2.28. The fourth-order valence-corrected chi connectivity index (χ4v) is 2.66. The summed E-state index contributed by atoms with van der Waals surface area (Å²) in [4.78, 5) is 0. The van der Waals surface area contributed by atoms with Crippen LogP contribution in [-0.4, -0.2) is 12.6 Å². The van der Waals surface area contributed by atoms with E-state index in [2.05, 4.69) is 31.2 Å². The fourth-order valence-electron chi connectivity index (χ4n) is 2.66. The summed E-state index contributed by atoms with van der Waals surface area (Å²) in [6.45, 7) is 2.99. The Hall–Kier alpha value is -0.860. The van der Waals surface area contributed by atoms with Crippen LogP contribution in [0.3, 0.4) is 0 Å². The molecule has 1 aromatic carbocycles. The number of hydrogen-bond donors (Lipinski definition) is 1. The van der Waals surface area contributed by atoms with Gasteiger partial charge in [-0.15, -0.1) is 0 Å². The van der Waals surface area contributed by atoms with Gasteiger partial charge in [0.15, 0.2) is 0 Å². The van der Waals surface area contributed by atoms with Crippen molar-refractivity contribution < 1.29 is 4.74 Å². The van der Waals surface area contributed by atoms with E-state index in [9.17, 15) is 0 Å². The van der Waals surface area contributed by atoms with E-state index in [0.717, 1.165) is 32.3 Å². The lowest BCUT2D eigenvalue weighted by Crippen LogP contribution is -2.43. The number of hydrogen-bond acceptors (Lipinski definition) is 2. The molecule has 2 heteroatoms. The zero-order valence-electron chi connectivity index (χ0n) is 9.99. The second-order valence-electron chi connectivity index (χ2n) is 4.71. The van der Waals surface area contributed by atoms with E-state index in [1.54, 1.807) is 0 Å². The van der Waals surface area contributed by atoms with E-state index in [1.165, 1.54) is 5.56 Å². The van der Waals surface area contributed by atoms with Gasteiger partial charge in [-0.25, -0.2) is 0 Å². The van der Waals surface area contributed by atoms with Gasteiger partial charge in [0.05, 0.1) is 5.60 Å². The van der Waals surface area contributed by atoms with Gasteiger partial charge in [0, 0.05) is 12.6 Å². The second-order valence-corrected chi connectivity index (χ2v) is 4.71. The van der Waals surface area contributed by atoms with Crippen molar-refractivity contribution in [2.45, 2.75) is 44.2 Å². The molecule has 88 valence electrons. The van der Waals surface area contributed by atoms with Crippen LogP contribution in [0.4, 0.5) is 0 Å². The third-order valence-electron chi connectivity index (χ3n) is 3.41. The summed E-state index contributed by atoms with van der Waals surface area (Å²) in [5, 5.41) is 0. The maximum atomic E-state index is 6.10. The molecule has 2 rings (SSSR count). The molecule has 1 aromatic rings. The van der Waals surface area contributed by atoms with Crippen LogP contribution < -0.4 is 5.73 Å². The standard InChI is InChI=1S/C14H21NO/c1-2-9-14(11-13(15)8-10-16-14)12-6-4-3-5-7-12/h3-7,13H,2,8-11,15H2,1H3. The molecule has 0 bridgehead atoms. The van der Waals surface area contributed by atoms with Gasteiger partial charge in [0.25, 0.3) is 0 Å². The minimum atomic E-state index is -0.131. The average Bonchev–Trinajstić information content (AvgIpc) is 2.31. The zero-order chi connectivity index (χ0) is 11.4. The van der Waals surface area contributed by atoms with Gasteiger partial charge in [-0.1, -0.05) is 43.7 Å². The predicted octanol–water partition coefficient (Wildman–Crippen LogP) is 2.82. The average molecular weight is 219 g/mol. The van der Waals surface area contributed by atoms with Crippen LogP contribution in [0.1, 0.15) is 38.2 Å². The molecule has 0 aliphatic carbocycles. The maximum absolute atomic E-state index is 6.10. The van der Waals surface area contributed by atoms with Crippen molar-refractivity contribution in [3.05, 3.63) is 35.9 Å². The Balaban J connectivity index is 2.27. The minimum absolute atomic E-state index is 0.131. The number of nitrogens with two attached hydrogens (primary N) is 1. The van der Waals surface area contributed by atoms with Crippen molar-refractivity contribution in [1.82, 2.24) is 0 Å². The molecule has 2 atom stereocenters. The molecule has 16 heavy (non-hydrogen) atoms. The van der Waals surface area contributed by atoms with E-state index < -0.39 is 0 Å². The Labute approximate surface area is 97.8 Å². The number of ether oxygens (including phenoxy) is 1. The monoisotopic (exact) mass is 219 g/mol. The molecule has 0 spiro atoms. The Bertz CT molecular complexity index is 321. The van der Waals surface area contributed by atoms with E-state index in [1.807, 2.05) is 6.07 Å². The highest BCUT2D eigenvalue weighted by Gasteiger charge is 2.37. The van der Waals surface area contributed by atoms with E-state index in [-0.39, 0.29) is 11.6 Å². The molecular formula is C14H21NO. The first-order chi connectivity index (χ1) is 7.77. The highest BCUT2D eigenvalue weighted by atomic mass is 16.5. The fraction of sp³-hybridized carbons (Fsp3) is 0.571.